The van der Waals surface area contributed by atoms with E-state index in [9.17, 15) is 4.79 Å². The summed E-state index contributed by atoms with van der Waals surface area (Å²) in [7, 11) is 0. The summed E-state index contributed by atoms with van der Waals surface area (Å²) in [5.74, 6) is 2.63. The number of hydrogen-bond donors (Lipinski definition) is 2. The smallest absolute Gasteiger partial charge is 0.223 e. The van der Waals surface area contributed by atoms with Crippen molar-refractivity contribution in [2.45, 2.75) is 63.8 Å². The van der Waals surface area contributed by atoms with Gasteiger partial charge in [0.15, 0.2) is 0 Å². The summed E-state index contributed by atoms with van der Waals surface area (Å²) < 4.78 is 0. The van der Waals surface area contributed by atoms with Crippen LogP contribution >= 0.6 is 0 Å². The molecule has 3 nitrogen and oxygen atoms in total. The van der Waals surface area contributed by atoms with Gasteiger partial charge in [0, 0.05) is 12.0 Å². The second-order valence-corrected chi connectivity index (χ2v) is 6.95. The Labute approximate surface area is 116 Å². The van der Waals surface area contributed by atoms with Crippen LogP contribution in [0.15, 0.2) is 0 Å². The highest BCUT2D eigenvalue weighted by molar-refractivity contribution is 5.80. The molecule has 0 aliphatic heterocycles. The van der Waals surface area contributed by atoms with Crippen molar-refractivity contribution in [3.63, 3.8) is 0 Å². The van der Waals surface area contributed by atoms with Gasteiger partial charge in [-0.1, -0.05) is 38.5 Å². The van der Waals surface area contributed by atoms with Gasteiger partial charge in [0.2, 0.25) is 5.91 Å². The Hall–Kier alpha value is -0.570. The van der Waals surface area contributed by atoms with E-state index in [2.05, 4.69) is 5.32 Å². The number of nitrogens with one attached hydrogen (secondary N) is 1. The Morgan fingerprint density at radius 2 is 1.84 bits per heavy atom. The highest BCUT2D eigenvalue weighted by Crippen LogP contribution is 2.44. The van der Waals surface area contributed by atoms with Crippen LogP contribution in [0, 0.1) is 23.7 Å². The molecule has 3 rings (SSSR count). The van der Waals surface area contributed by atoms with Gasteiger partial charge in [0.1, 0.15) is 0 Å². The van der Waals surface area contributed by atoms with Gasteiger partial charge >= 0.3 is 0 Å². The van der Waals surface area contributed by atoms with Gasteiger partial charge < -0.3 is 11.1 Å². The Kier molecular flexibility index (Phi) is 4.11. The molecular weight excluding hydrogens is 236 g/mol. The minimum absolute atomic E-state index is 0.206. The fraction of sp³-hybridized carbons (Fsp3) is 0.938. The Balaban J connectivity index is 1.46. The molecule has 0 bridgehead atoms. The van der Waals surface area contributed by atoms with Crippen molar-refractivity contribution >= 4 is 5.91 Å². The van der Waals surface area contributed by atoms with Gasteiger partial charge in [0.05, 0.1) is 0 Å². The zero-order chi connectivity index (χ0) is 13.2. The summed E-state index contributed by atoms with van der Waals surface area (Å²) in [5.41, 5.74) is 5.77. The number of hydrogen-bond acceptors (Lipinski definition) is 2. The number of amides is 1. The standard InChI is InChI=1S/C16H28N2O/c17-10-12-7-4-8-13(12)16(19)18-15-9-14(15)11-5-2-1-3-6-11/h11-15H,1-10,17H2,(H,18,19)/t12-,13-,14?,15?/m1/s1. The lowest BCUT2D eigenvalue weighted by Gasteiger charge is -2.22. The van der Waals surface area contributed by atoms with Gasteiger partial charge in [0.25, 0.3) is 0 Å². The van der Waals surface area contributed by atoms with E-state index in [1.165, 1.54) is 44.9 Å². The largest absolute Gasteiger partial charge is 0.353 e. The van der Waals surface area contributed by atoms with Crippen LogP contribution < -0.4 is 11.1 Å². The molecule has 3 heteroatoms. The van der Waals surface area contributed by atoms with Gasteiger partial charge in [-0.2, -0.15) is 0 Å². The van der Waals surface area contributed by atoms with Crippen LogP contribution in [0.1, 0.15) is 57.8 Å². The van der Waals surface area contributed by atoms with E-state index in [4.69, 9.17) is 5.73 Å². The monoisotopic (exact) mass is 264 g/mol. The highest BCUT2D eigenvalue weighted by atomic mass is 16.2. The van der Waals surface area contributed by atoms with E-state index in [1.807, 2.05) is 0 Å². The molecule has 3 aliphatic carbocycles. The fourth-order valence-corrected chi connectivity index (χ4v) is 4.42. The quantitative estimate of drug-likeness (QED) is 0.819. The molecule has 0 spiro atoms. The van der Waals surface area contributed by atoms with E-state index >= 15 is 0 Å². The molecular formula is C16H28N2O. The average molecular weight is 264 g/mol. The Bertz CT molecular complexity index is 325. The molecule has 0 aromatic carbocycles. The molecule has 3 aliphatic rings. The van der Waals surface area contributed by atoms with Crippen LogP contribution in [-0.4, -0.2) is 18.5 Å². The predicted molar refractivity (Wildman–Crippen MR) is 76.5 cm³/mol. The first-order valence-electron chi connectivity index (χ1n) is 8.30. The summed E-state index contributed by atoms with van der Waals surface area (Å²) in [6, 6.07) is 0.495. The third kappa shape index (κ3) is 2.96. The van der Waals surface area contributed by atoms with Crippen LogP contribution in [0.2, 0.25) is 0 Å². The molecule has 3 N–H and O–H groups in total. The topological polar surface area (TPSA) is 55.1 Å². The summed E-state index contributed by atoms with van der Waals surface area (Å²) >= 11 is 0. The highest BCUT2D eigenvalue weighted by Gasteiger charge is 2.45. The van der Waals surface area contributed by atoms with E-state index in [0.29, 0.717) is 24.4 Å². The lowest BCUT2D eigenvalue weighted by atomic mass is 9.85. The lowest BCUT2D eigenvalue weighted by molar-refractivity contribution is -0.126. The lowest BCUT2D eigenvalue weighted by Crippen LogP contribution is -2.37. The molecule has 3 fully saturated rings. The van der Waals surface area contributed by atoms with Gasteiger partial charge in [-0.3, -0.25) is 4.79 Å². The Morgan fingerprint density at radius 1 is 1.05 bits per heavy atom. The molecule has 0 aromatic rings. The minimum atomic E-state index is 0.206. The van der Waals surface area contributed by atoms with Crippen molar-refractivity contribution in [3.8, 4) is 0 Å². The van der Waals surface area contributed by atoms with Crippen LogP contribution in [-0.2, 0) is 4.79 Å². The average Bonchev–Trinajstić information content (AvgIpc) is 3.04. The molecule has 19 heavy (non-hydrogen) atoms. The molecule has 0 heterocycles. The molecule has 0 aromatic heterocycles. The van der Waals surface area contributed by atoms with Crippen molar-refractivity contribution in [3.05, 3.63) is 0 Å². The number of carbonyl (C=O) groups is 1. The van der Waals surface area contributed by atoms with Gasteiger partial charge in [-0.25, -0.2) is 0 Å². The fourth-order valence-electron chi connectivity index (χ4n) is 4.42. The zero-order valence-corrected chi connectivity index (χ0v) is 11.9. The molecule has 0 radical (unpaired) electrons. The van der Waals surface area contributed by atoms with Crippen molar-refractivity contribution in [2.24, 2.45) is 29.4 Å². The van der Waals surface area contributed by atoms with Crippen LogP contribution in [0.5, 0.6) is 0 Å². The van der Waals surface area contributed by atoms with Gasteiger partial charge in [-0.05, 0) is 43.6 Å². The molecule has 1 amide bonds. The second kappa shape index (κ2) is 5.82. The van der Waals surface area contributed by atoms with E-state index in [1.54, 1.807) is 0 Å². The van der Waals surface area contributed by atoms with E-state index in [-0.39, 0.29) is 5.92 Å². The zero-order valence-electron chi connectivity index (χ0n) is 11.9. The molecule has 3 saturated carbocycles. The number of carbonyl (C=O) groups excluding carboxylic acids is 1. The van der Waals surface area contributed by atoms with Crippen LogP contribution in [0.3, 0.4) is 0 Å². The normalized spacial score (nSPS) is 39.2. The summed E-state index contributed by atoms with van der Waals surface area (Å²) in [6.07, 6.45) is 11.6. The third-order valence-electron chi connectivity index (χ3n) is 5.72. The number of rotatable bonds is 4. The maximum absolute atomic E-state index is 12.3. The SMILES string of the molecule is NC[C@H]1CCC[C@H]1C(=O)NC1CC1C1CCCCC1. The first kappa shape index (κ1) is 13.4. The van der Waals surface area contributed by atoms with Crippen molar-refractivity contribution in [2.75, 3.05) is 6.54 Å². The van der Waals surface area contributed by atoms with E-state index < -0.39 is 0 Å². The minimum Gasteiger partial charge on any atom is -0.353 e. The van der Waals surface area contributed by atoms with Crippen molar-refractivity contribution < 1.29 is 4.79 Å². The molecule has 0 saturated heterocycles. The van der Waals surface area contributed by atoms with Gasteiger partial charge in [-0.15, -0.1) is 0 Å². The maximum atomic E-state index is 12.3. The van der Waals surface area contributed by atoms with Crippen LogP contribution in [0.25, 0.3) is 0 Å². The predicted octanol–water partition coefficient (Wildman–Crippen LogP) is 2.45. The van der Waals surface area contributed by atoms with Crippen molar-refractivity contribution in [1.29, 1.82) is 0 Å². The summed E-state index contributed by atoms with van der Waals surface area (Å²) in [6.45, 7) is 0.675. The summed E-state index contributed by atoms with van der Waals surface area (Å²) in [4.78, 5) is 12.3. The number of nitrogens with two attached hydrogens (primary N) is 1. The molecule has 2 unspecified atom stereocenters. The first-order chi connectivity index (χ1) is 9.29. The van der Waals surface area contributed by atoms with Crippen LogP contribution in [0.4, 0.5) is 0 Å². The van der Waals surface area contributed by atoms with Crippen molar-refractivity contribution in [1.82, 2.24) is 5.32 Å². The summed E-state index contributed by atoms with van der Waals surface area (Å²) in [5, 5.41) is 3.31. The molecule has 108 valence electrons. The molecule has 4 atom stereocenters. The first-order valence-corrected chi connectivity index (χ1v) is 8.30. The maximum Gasteiger partial charge on any atom is 0.223 e. The van der Waals surface area contributed by atoms with E-state index in [0.717, 1.165) is 24.7 Å². The third-order valence-corrected chi connectivity index (χ3v) is 5.72. The Morgan fingerprint density at radius 3 is 2.58 bits per heavy atom. The second-order valence-electron chi connectivity index (χ2n) is 6.95.